The van der Waals surface area contributed by atoms with Gasteiger partial charge >= 0.3 is 0 Å². The minimum Gasteiger partial charge on any atom is -0.508 e. The number of hydrogen-bond acceptors (Lipinski definition) is 4. The van der Waals surface area contributed by atoms with Gasteiger partial charge in [-0.05, 0) is 37.5 Å². The number of phenolic OH excluding ortho intramolecular Hbond substituents is 1. The first-order chi connectivity index (χ1) is 10.0. The van der Waals surface area contributed by atoms with E-state index in [0.29, 0.717) is 19.6 Å². The van der Waals surface area contributed by atoms with Crippen molar-refractivity contribution in [2.24, 2.45) is 5.73 Å². The highest BCUT2D eigenvalue weighted by molar-refractivity contribution is 5.82. The Bertz CT molecular complexity index is 475. The molecule has 0 saturated carbocycles. The van der Waals surface area contributed by atoms with Crippen LogP contribution in [-0.2, 0) is 16.0 Å². The van der Waals surface area contributed by atoms with E-state index >= 15 is 0 Å². The summed E-state index contributed by atoms with van der Waals surface area (Å²) in [4.78, 5) is 14.4. The average Bonchev–Trinajstić information content (AvgIpc) is 2.48. The maximum absolute atomic E-state index is 12.6. The Morgan fingerprint density at radius 1 is 1.48 bits per heavy atom. The molecule has 1 aromatic rings. The van der Waals surface area contributed by atoms with E-state index in [4.69, 9.17) is 10.5 Å². The van der Waals surface area contributed by atoms with Gasteiger partial charge in [0.15, 0.2) is 0 Å². The number of carbonyl (C=O) groups excluding carboxylic acids is 1. The second kappa shape index (κ2) is 6.91. The first-order valence-corrected chi connectivity index (χ1v) is 7.46. The molecule has 1 aromatic carbocycles. The minimum absolute atomic E-state index is 0.0231. The van der Waals surface area contributed by atoms with E-state index in [9.17, 15) is 9.90 Å². The molecule has 1 fully saturated rings. The highest BCUT2D eigenvalue weighted by atomic mass is 16.5. The van der Waals surface area contributed by atoms with Gasteiger partial charge in [-0.2, -0.15) is 0 Å². The molecular formula is C16H24N2O3. The second-order valence-electron chi connectivity index (χ2n) is 5.67. The van der Waals surface area contributed by atoms with Crippen LogP contribution in [0.2, 0.25) is 0 Å². The number of ether oxygens (including phenoxy) is 1. The van der Waals surface area contributed by atoms with Crippen molar-refractivity contribution in [2.75, 3.05) is 13.2 Å². The van der Waals surface area contributed by atoms with Gasteiger partial charge in [-0.15, -0.1) is 0 Å². The molecular weight excluding hydrogens is 268 g/mol. The third kappa shape index (κ3) is 3.95. The number of benzene rings is 1. The molecule has 21 heavy (non-hydrogen) atoms. The Kier molecular flexibility index (Phi) is 5.20. The molecule has 3 N–H and O–H groups in total. The van der Waals surface area contributed by atoms with Crippen molar-refractivity contribution in [3.8, 4) is 5.75 Å². The van der Waals surface area contributed by atoms with Crippen molar-refractivity contribution in [3.63, 3.8) is 0 Å². The van der Waals surface area contributed by atoms with E-state index in [0.717, 1.165) is 12.0 Å². The molecule has 1 amide bonds. The van der Waals surface area contributed by atoms with E-state index in [2.05, 4.69) is 6.92 Å². The van der Waals surface area contributed by atoms with Crippen LogP contribution in [0.1, 0.15) is 25.8 Å². The molecule has 1 aliphatic heterocycles. The quantitative estimate of drug-likeness (QED) is 0.877. The number of carbonyl (C=O) groups is 1. The number of morpholine rings is 1. The monoisotopic (exact) mass is 292 g/mol. The Labute approximate surface area is 125 Å². The standard InChI is InChI=1S/C16H24N2O3/c1-3-13-10-21-11(2)9-18(13)16(20)15(17)8-12-4-6-14(19)7-5-12/h4-7,11,13,15,19H,3,8-10,17H2,1-2H3/t11?,13?,15-/m1/s1. The summed E-state index contributed by atoms with van der Waals surface area (Å²) in [5.74, 6) is 0.191. The van der Waals surface area contributed by atoms with E-state index < -0.39 is 6.04 Å². The van der Waals surface area contributed by atoms with Gasteiger partial charge in [-0.3, -0.25) is 4.79 Å². The zero-order valence-corrected chi connectivity index (χ0v) is 12.7. The van der Waals surface area contributed by atoms with Crippen molar-refractivity contribution in [1.82, 2.24) is 4.90 Å². The van der Waals surface area contributed by atoms with Crippen molar-refractivity contribution < 1.29 is 14.6 Å². The van der Waals surface area contributed by atoms with E-state index in [1.807, 2.05) is 11.8 Å². The predicted molar refractivity (Wildman–Crippen MR) is 81.0 cm³/mol. The van der Waals surface area contributed by atoms with Crippen LogP contribution in [0.15, 0.2) is 24.3 Å². The smallest absolute Gasteiger partial charge is 0.240 e. The normalized spacial score (nSPS) is 23.9. The molecule has 5 heteroatoms. The Balaban J connectivity index is 2.01. The largest absolute Gasteiger partial charge is 0.508 e. The van der Waals surface area contributed by atoms with Gasteiger partial charge in [0.05, 0.1) is 24.8 Å². The minimum atomic E-state index is -0.561. The number of phenols is 1. The maximum atomic E-state index is 12.6. The summed E-state index contributed by atoms with van der Waals surface area (Å²) in [6.07, 6.45) is 1.39. The highest BCUT2D eigenvalue weighted by Gasteiger charge is 2.32. The second-order valence-corrected chi connectivity index (χ2v) is 5.67. The molecule has 2 rings (SSSR count). The molecule has 0 spiro atoms. The number of amides is 1. The summed E-state index contributed by atoms with van der Waals surface area (Å²) in [6, 6.07) is 6.35. The number of aromatic hydroxyl groups is 1. The summed E-state index contributed by atoms with van der Waals surface area (Å²) in [6.45, 7) is 5.20. The molecule has 0 aliphatic carbocycles. The first-order valence-electron chi connectivity index (χ1n) is 7.46. The summed E-state index contributed by atoms with van der Waals surface area (Å²) in [7, 11) is 0. The average molecular weight is 292 g/mol. The predicted octanol–water partition coefficient (Wildman–Crippen LogP) is 1.29. The fourth-order valence-corrected chi connectivity index (χ4v) is 2.64. The van der Waals surface area contributed by atoms with Crippen molar-refractivity contribution >= 4 is 5.91 Å². The molecule has 0 bridgehead atoms. The Morgan fingerprint density at radius 2 is 2.14 bits per heavy atom. The lowest BCUT2D eigenvalue weighted by Crippen LogP contribution is -2.56. The fourth-order valence-electron chi connectivity index (χ4n) is 2.64. The molecule has 2 unspecified atom stereocenters. The van der Waals surface area contributed by atoms with E-state index in [1.54, 1.807) is 24.3 Å². The van der Waals surface area contributed by atoms with Crippen molar-refractivity contribution in [2.45, 2.75) is 44.9 Å². The summed E-state index contributed by atoms with van der Waals surface area (Å²) in [5, 5.41) is 9.28. The zero-order valence-electron chi connectivity index (χ0n) is 12.7. The molecule has 1 saturated heterocycles. The van der Waals surface area contributed by atoms with Gasteiger partial charge in [0.2, 0.25) is 5.91 Å². The summed E-state index contributed by atoms with van der Waals surface area (Å²) < 4.78 is 5.61. The third-order valence-electron chi connectivity index (χ3n) is 3.93. The zero-order chi connectivity index (χ0) is 15.4. The van der Waals surface area contributed by atoms with Crippen molar-refractivity contribution in [1.29, 1.82) is 0 Å². The van der Waals surface area contributed by atoms with E-state index in [-0.39, 0.29) is 23.8 Å². The first kappa shape index (κ1) is 15.8. The van der Waals surface area contributed by atoms with Crippen LogP contribution in [0.3, 0.4) is 0 Å². The van der Waals surface area contributed by atoms with Gasteiger partial charge in [-0.25, -0.2) is 0 Å². The van der Waals surface area contributed by atoms with Crippen LogP contribution in [0, 0.1) is 0 Å². The van der Waals surface area contributed by atoms with Gasteiger partial charge in [0.1, 0.15) is 5.75 Å². The lowest BCUT2D eigenvalue weighted by molar-refractivity contribution is -0.145. The van der Waals surface area contributed by atoms with Gasteiger partial charge in [0.25, 0.3) is 0 Å². The van der Waals surface area contributed by atoms with Crippen LogP contribution < -0.4 is 5.73 Å². The topological polar surface area (TPSA) is 75.8 Å². The van der Waals surface area contributed by atoms with Gasteiger partial charge < -0.3 is 20.5 Å². The number of rotatable bonds is 4. The lowest BCUT2D eigenvalue weighted by atomic mass is 10.0. The van der Waals surface area contributed by atoms with Crippen LogP contribution in [0.4, 0.5) is 0 Å². The number of nitrogens with two attached hydrogens (primary N) is 1. The Hall–Kier alpha value is -1.59. The molecule has 0 aromatic heterocycles. The Morgan fingerprint density at radius 3 is 2.76 bits per heavy atom. The van der Waals surface area contributed by atoms with Crippen LogP contribution in [0.5, 0.6) is 5.75 Å². The molecule has 116 valence electrons. The van der Waals surface area contributed by atoms with Crippen molar-refractivity contribution in [3.05, 3.63) is 29.8 Å². The maximum Gasteiger partial charge on any atom is 0.240 e. The number of nitrogens with zero attached hydrogens (tertiary/aromatic N) is 1. The molecule has 3 atom stereocenters. The third-order valence-corrected chi connectivity index (χ3v) is 3.93. The molecule has 1 aliphatic rings. The summed E-state index contributed by atoms with van der Waals surface area (Å²) >= 11 is 0. The van der Waals surface area contributed by atoms with Gasteiger partial charge in [-0.1, -0.05) is 19.1 Å². The van der Waals surface area contributed by atoms with Crippen LogP contribution >= 0.6 is 0 Å². The van der Waals surface area contributed by atoms with Crippen LogP contribution in [-0.4, -0.2) is 47.3 Å². The SMILES string of the molecule is CCC1COC(C)CN1C(=O)[C@H](N)Cc1ccc(O)cc1. The molecule has 1 heterocycles. The molecule has 5 nitrogen and oxygen atoms in total. The summed E-state index contributed by atoms with van der Waals surface area (Å²) in [5.41, 5.74) is 7.03. The van der Waals surface area contributed by atoms with Crippen LogP contribution in [0.25, 0.3) is 0 Å². The lowest BCUT2D eigenvalue weighted by Gasteiger charge is -2.39. The highest BCUT2D eigenvalue weighted by Crippen LogP contribution is 2.17. The van der Waals surface area contributed by atoms with E-state index in [1.165, 1.54) is 0 Å². The fraction of sp³-hybridized carbons (Fsp3) is 0.562. The molecule has 0 radical (unpaired) electrons. The number of hydrogen-bond donors (Lipinski definition) is 2. The van der Waals surface area contributed by atoms with Gasteiger partial charge in [0, 0.05) is 6.54 Å².